The molecule has 0 heterocycles. The predicted molar refractivity (Wildman–Crippen MR) is 102 cm³/mol. The van der Waals surface area contributed by atoms with Crippen molar-refractivity contribution in [2.45, 2.75) is 70.6 Å². The van der Waals surface area contributed by atoms with Crippen LogP contribution in [-0.4, -0.2) is 12.5 Å². The number of benzene rings is 1. The molecule has 1 aromatic rings. The molecule has 4 aliphatic carbocycles. The van der Waals surface area contributed by atoms with Crippen LogP contribution in [0.2, 0.25) is 0 Å². The van der Waals surface area contributed by atoms with E-state index < -0.39 is 0 Å². The lowest BCUT2D eigenvalue weighted by atomic mass is 9.49. The highest BCUT2D eigenvalue weighted by molar-refractivity contribution is 5.83. The minimum atomic E-state index is 0.0163. The van der Waals surface area contributed by atoms with Gasteiger partial charge in [-0.05, 0) is 80.1 Å². The highest BCUT2D eigenvalue weighted by atomic mass is 16.1. The Bertz CT molecular complexity index is 558. The van der Waals surface area contributed by atoms with Crippen molar-refractivity contribution in [2.24, 2.45) is 23.2 Å². The summed E-state index contributed by atoms with van der Waals surface area (Å²) in [7, 11) is 0. The normalized spacial score (nSPS) is 34.0. The average Bonchev–Trinajstić information content (AvgIpc) is 2.59. The Kier molecular flexibility index (Phi) is 4.88. The number of carbonyl (C=O) groups excluding carboxylic acids is 1. The molecule has 0 saturated heterocycles. The summed E-state index contributed by atoms with van der Waals surface area (Å²) in [6.07, 6.45) is 12.0. The smallest absolute Gasteiger partial charge is 0.227 e. The molecule has 1 atom stereocenters. The van der Waals surface area contributed by atoms with E-state index in [1.807, 2.05) is 18.2 Å². The van der Waals surface area contributed by atoms with E-state index in [1.165, 1.54) is 44.9 Å². The SMILES string of the molecule is CCC[C@H](C(=O)NCCC12CC3CC(CC(C3)C1)C2)c1ccccc1. The second kappa shape index (κ2) is 7.13. The fourth-order valence-corrected chi connectivity index (χ4v) is 6.59. The fourth-order valence-electron chi connectivity index (χ4n) is 6.59. The maximum Gasteiger partial charge on any atom is 0.227 e. The van der Waals surface area contributed by atoms with E-state index in [0.717, 1.165) is 42.7 Å². The molecule has 4 fully saturated rings. The molecular weight excluding hydrogens is 306 g/mol. The molecule has 2 nitrogen and oxygen atoms in total. The molecule has 2 heteroatoms. The van der Waals surface area contributed by atoms with E-state index >= 15 is 0 Å². The van der Waals surface area contributed by atoms with Crippen molar-refractivity contribution < 1.29 is 4.79 Å². The minimum absolute atomic E-state index is 0.0163. The van der Waals surface area contributed by atoms with Crippen LogP contribution in [0, 0.1) is 23.2 Å². The van der Waals surface area contributed by atoms with Crippen LogP contribution in [0.5, 0.6) is 0 Å². The van der Waals surface area contributed by atoms with Crippen LogP contribution in [0.4, 0.5) is 0 Å². The molecule has 4 bridgehead atoms. The number of nitrogens with one attached hydrogen (secondary N) is 1. The summed E-state index contributed by atoms with van der Waals surface area (Å²) < 4.78 is 0. The largest absolute Gasteiger partial charge is 0.356 e. The number of amides is 1. The second-order valence-corrected chi connectivity index (χ2v) is 9.21. The fraction of sp³-hybridized carbons (Fsp3) is 0.696. The molecule has 0 radical (unpaired) electrons. The van der Waals surface area contributed by atoms with Crippen LogP contribution in [0.3, 0.4) is 0 Å². The molecule has 25 heavy (non-hydrogen) atoms. The summed E-state index contributed by atoms with van der Waals surface area (Å²) in [6.45, 7) is 3.04. The van der Waals surface area contributed by atoms with Crippen LogP contribution in [0.15, 0.2) is 30.3 Å². The summed E-state index contributed by atoms with van der Waals surface area (Å²) in [5.74, 6) is 3.25. The predicted octanol–water partition coefficient (Wildman–Crippen LogP) is 5.29. The van der Waals surface area contributed by atoms with Crippen molar-refractivity contribution in [3.05, 3.63) is 35.9 Å². The Hall–Kier alpha value is -1.31. The number of carbonyl (C=O) groups is 1. The van der Waals surface area contributed by atoms with Gasteiger partial charge in [0.05, 0.1) is 5.92 Å². The molecule has 136 valence electrons. The molecule has 0 aliphatic heterocycles. The van der Waals surface area contributed by atoms with Crippen molar-refractivity contribution in [3.63, 3.8) is 0 Å². The molecule has 0 aromatic heterocycles. The van der Waals surface area contributed by atoms with Gasteiger partial charge in [-0.1, -0.05) is 43.7 Å². The van der Waals surface area contributed by atoms with Crippen molar-refractivity contribution in [3.8, 4) is 0 Å². The number of rotatable bonds is 7. The third-order valence-electron chi connectivity index (χ3n) is 7.22. The third kappa shape index (κ3) is 3.64. The maximum atomic E-state index is 12.8. The van der Waals surface area contributed by atoms with E-state index in [1.54, 1.807) is 0 Å². The molecule has 0 unspecified atom stereocenters. The van der Waals surface area contributed by atoms with Crippen LogP contribution >= 0.6 is 0 Å². The lowest BCUT2D eigenvalue weighted by Crippen LogP contribution is -2.47. The van der Waals surface area contributed by atoms with Crippen molar-refractivity contribution in [2.75, 3.05) is 6.54 Å². The molecule has 1 N–H and O–H groups in total. The first-order valence-corrected chi connectivity index (χ1v) is 10.5. The molecule has 5 rings (SSSR count). The Morgan fingerprint density at radius 2 is 1.68 bits per heavy atom. The van der Waals surface area contributed by atoms with Crippen LogP contribution in [0.1, 0.15) is 76.2 Å². The number of hydrogen-bond acceptors (Lipinski definition) is 1. The van der Waals surface area contributed by atoms with Crippen LogP contribution in [-0.2, 0) is 4.79 Å². The van der Waals surface area contributed by atoms with Gasteiger partial charge in [0.2, 0.25) is 5.91 Å². The Labute approximate surface area is 152 Å². The zero-order chi connectivity index (χ0) is 17.3. The molecule has 4 saturated carbocycles. The standard InChI is InChI=1S/C23H33NO/c1-2-6-21(20-7-4-3-5-8-20)22(25)24-10-9-23-14-17-11-18(15-23)13-19(12-17)16-23/h3-5,7-8,17-19,21H,2,6,9-16H2,1H3,(H,24,25)/t17?,18?,19?,21-,23?/m0/s1. The van der Waals surface area contributed by atoms with Gasteiger partial charge < -0.3 is 5.32 Å². The second-order valence-electron chi connectivity index (χ2n) is 9.21. The Balaban J connectivity index is 1.34. The van der Waals surface area contributed by atoms with Gasteiger partial charge in [-0.2, -0.15) is 0 Å². The minimum Gasteiger partial charge on any atom is -0.356 e. The Morgan fingerprint density at radius 3 is 2.24 bits per heavy atom. The van der Waals surface area contributed by atoms with Crippen molar-refractivity contribution in [1.82, 2.24) is 5.32 Å². The Morgan fingerprint density at radius 1 is 1.08 bits per heavy atom. The molecular formula is C23H33NO. The molecule has 0 spiro atoms. The highest BCUT2D eigenvalue weighted by Gasteiger charge is 2.50. The molecule has 1 aromatic carbocycles. The summed E-state index contributed by atoms with van der Waals surface area (Å²) >= 11 is 0. The van der Waals surface area contributed by atoms with E-state index in [4.69, 9.17) is 0 Å². The van der Waals surface area contributed by atoms with Crippen LogP contribution < -0.4 is 5.32 Å². The van der Waals surface area contributed by atoms with E-state index in [-0.39, 0.29) is 11.8 Å². The van der Waals surface area contributed by atoms with E-state index in [2.05, 4.69) is 24.4 Å². The van der Waals surface area contributed by atoms with Gasteiger partial charge in [0.1, 0.15) is 0 Å². The topological polar surface area (TPSA) is 29.1 Å². The van der Waals surface area contributed by atoms with Crippen molar-refractivity contribution in [1.29, 1.82) is 0 Å². The lowest BCUT2D eigenvalue weighted by molar-refractivity contribution is -0.123. The van der Waals surface area contributed by atoms with Gasteiger partial charge in [0, 0.05) is 6.54 Å². The summed E-state index contributed by atoms with van der Waals surface area (Å²) in [5, 5.41) is 3.30. The van der Waals surface area contributed by atoms with Gasteiger partial charge in [-0.15, -0.1) is 0 Å². The average molecular weight is 340 g/mol. The quantitative estimate of drug-likeness (QED) is 0.718. The zero-order valence-corrected chi connectivity index (χ0v) is 15.7. The monoisotopic (exact) mass is 339 g/mol. The van der Waals surface area contributed by atoms with E-state index in [9.17, 15) is 4.79 Å². The van der Waals surface area contributed by atoms with E-state index in [0.29, 0.717) is 5.41 Å². The molecule has 1 amide bonds. The third-order valence-corrected chi connectivity index (χ3v) is 7.22. The van der Waals surface area contributed by atoms with Crippen molar-refractivity contribution >= 4 is 5.91 Å². The summed E-state index contributed by atoms with van der Waals surface area (Å²) in [5.41, 5.74) is 1.73. The maximum absolute atomic E-state index is 12.8. The molecule has 4 aliphatic rings. The summed E-state index contributed by atoms with van der Waals surface area (Å²) in [4.78, 5) is 12.8. The van der Waals surface area contributed by atoms with Gasteiger partial charge in [0.15, 0.2) is 0 Å². The number of hydrogen-bond donors (Lipinski definition) is 1. The first-order valence-electron chi connectivity index (χ1n) is 10.5. The first kappa shape index (κ1) is 17.1. The van der Waals surface area contributed by atoms with Gasteiger partial charge in [-0.25, -0.2) is 0 Å². The van der Waals surface area contributed by atoms with Crippen LogP contribution in [0.25, 0.3) is 0 Å². The lowest BCUT2D eigenvalue weighted by Gasteiger charge is -2.57. The first-order chi connectivity index (χ1) is 12.2. The van der Waals surface area contributed by atoms with Gasteiger partial charge >= 0.3 is 0 Å². The van der Waals surface area contributed by atoms with Gasteiger partial charge in [0.25, 0.3) is 0 Å². The van der Waals surface area contributed by atoms with Gasteiger partial charge in [-0.3, -0.25) is 4.79 Å². The highest BCUT2D eigenvalue weighted by Crippen LogP contribution is 2.61. The summed E-state index contributed by atoms with van der Waals surface area (Å²) in [6, 6.07) is 10.3. The zero-order valence-electron chi connectivity index (χ0n) is 15.7.